The minimum atomic E-state index is -4.40. The molecule has 2 atom stereocenters. The lowest BCUT2D eigenvalue weighted by atomic mass is 10.4. The van der Waals surface area contributed by atoms with Gasteiger partial charge in [-0.25, -0.2) is 0 Å². The lowest BCUT2D eigenvalue weighted by Gasteiger charge is -2.21. The summed E-state index contributed by atoms with van der Waals surface area (Å²) in [5.74, 6) is 0. The van der Waals surface area contributed by atoms with E-state index in [0.717, 1.165) is 13.8 Å². The van der Waals surface area contributed by atoms with Crippen molar-refractivity contribution in [3.63, 3.8) is 0 Å². The number of rotatable bonds is 3. The molecule has 0 rings (SSSR count). The Kier molecular flexibility index (Phi) is 3.67. The third-order valence-electron chi connectivity index (χ3n) is 1.76. The molecule has 0 spiro atoms. The lowest BCUT2D eigenvalue weighted by molar-refractivity contribution is 0.335. The Morgan fingerprint density at radius 2 is 1.00 bits per heavy atom. The summed E-state index contributed by atoms with van der Waals surface area (Å²) in [7, 11) is -8.80. The fourth-order valence-corrected chi connectivity index (χ4v) is 2.73. The zero-order valence-corrected chi connectivity index (χ0v) is 8.44. The predicted molar refractivity (Wildman–Crippen MR) is 43.0 cm³/mol. The van der Waals surface area contributed by atoms with Crippen LogP contribution in [0.25, 0.3) is 0 Å². The van der Waals surface area contributed by atoms with E-state index in [9.17, 15) is 9.13 Å². The van der Waals surface area contributed by atoms with Gasteiger partial charge in [0.1, 0.15) is 0 Å². The Balaban J connectivity index is 4.64. The molecule has 0 fully saturated rings. The highest BCUT2D eigenvalue weighted by Crippen LogP contribution is 2.53. The van der Waals surface area contributed by atoms with Crippen molar-refractivity contribution < 1.29 is 28.7 Å². The van der Waals surface area contributed by atoms with Gasteiger partial charge in [-0.1, -0.05) is 13.8 Å². The SMILES string of the molecule is CC(C(C)P(=O)(O)O)P(=O)(O)O. The van der Waals surface area contributed by atoms with E-state index < -0.39 is 26.5 Å². The second-order valence-corrected chi connectivity index (χ2v) is 6.64. The molecule has 0 saturated heterocycles. The first-order valence-corrected chi connectivity index (χ1v) is 6.53. The van der Waals surface area contributed by atoms with E-state index >= 15 is 0 Å². The van der Waals surface area contributed by atoms with Crippen molar-refractivity contribution >= 4 is 15.2 Å². The van der Waals surface area contributed by atoms with Gasteiger partial charge >= 0.3 is 15.2 Å². The highest BCUT2D eigenvalue weighted by Gasteiger charge is 2.38. The molecule has 0 aromatic rings. The molecule has 74 valence electrons. The quantitative estimate of drug-likeness (QED) is 0.500. The maximum absolute atomic E-state index is 10.6. The molecule has 0 aliphatic heterocycles. The molecule has 2 unspecified atom stereocenters. The summed E-state index contributed by atoms with van der Waals surface area (Å²) in [6, 6.07) is 0. The Morgan fingerprint density at radius 3 is 1.08 bits per heavy atom. The molecule has 0 radical (unpaired) electrons. The van der Waals surface area contributed by atoms with Crippen LogP contribution in [0.15, 0.2) is 0 Å². The van der Waals surface area contributed by atoms with Crippen molar-refractivity contribution in [3.05, 3.63) is 0 Å². The van der Waals surface area contributed by atoms with Crippen LogP contribution in [0.3, 0.4) is 0 Å². The van der Waals surface area contributed by atoms with Gasteiger partial charge in [0.25, 0.3) is 0 Å². The van der Waals surface area contributed by atoms with Gasteiger partial charge < -0.3 is 19.6 Å². The van der Waals surface area contributed by atoms with Crippen molar-refractivity contribution in [1.82, 2.24) is 0 Å². The highest BCUT2D eigenvalue weighted by molar-refractivity contribution is 7.57. The van der Waals surface area contributed by atoms with Crippen LogP contribution >= 0.6 is 15.2 Å². The van der Waals surface area contributed by atoms with Gasteiger partial charge in [-0.05, 0) is 0 Å². The lowest BCUT2D eigenvalue weighted by Crippen LogP contribution is -2.20. The topological polar surface area (TPSA) is 115 Å². The summed E-state index contributed by atoms with van der Waals surface area (Å²) in [5.41, 5.74) is -2.64. The van der Waals surface area contributed by atoms with Crippen LogP contribution in [0.1, 0.15) is 13.8 Å². The fourth-order valence-electron chi connectivity index (χ4n) is 0.562. The Labute approximate surface area is 69.9 Å². The molecule has 0 aromatic heterocycles. The summed E-state index contributed by atoms with van der Waals surface area (Å²) in [6.45, 7) is 2.23. The molecule has 0 amide bonds. The van der Waals surface area contributed by atoms with Gasteiger partial charge in [0.2, 0.25) is 0 Å². The summed E-state index contributed by atoms with van der Waals surface area (Å²) < 4.78 is 21.1. The molecule has 0 saturated carbocycles. The summed E-state index contributed by atoms with van der Waals surface area (Å²) >= 11 is 0. The third kappa shape index (κ3) is 3.35. The summed E-state index contributed by atoms with van der Waals surface area (Å²) in [6.07, 6.45) is 0. The first kappa shape index (κ1) is 12.3. The van der Waals surface area contributed by atoms with Crippen LogP contribution in [-0.4, -0.2) is 30.9 Å². The van der Waals surface area contributed by atoms with E-state index in [2.05, 4.69) is 0 Å². The van der Waals surface area contributed by atoms with Gasteiger partial charge in [-0.2, -0.15) is 0 Å². The molecule has 0 aliphatic rings. The van der Waals surface area contributed by atoms with Crippen LogP contribution in [0, 0.1) is 0 Å². The molecule has 0 aromatic carbocycles. The second-order valence-electron chi connectivity index (χ2n) is 2.66. The van der Waals surface area contributed by atoms with E-state index in [1.807, 2.05) is 0 Å². The largest absolute Gasteiger partial charge is 0.329 e. The molecule has 0 aliphatic carbocycles. The van der Waals surface area contributed by atoms with Gasteiger partial charge in [-0.3, -0.25) is 9.13 Å². The van der Waals surface area contributed by atoms with Crippen LogP contribution in [-0.2, 0) is 9.13 Å². The molecular formula is C4H12O6P2. The average Bonchev–Trinajstić information content (AvgIpc) is 1.80. The monoisotopic (exact) mass is 218 g/mol. The number of hydrogen-bond acceptors (Lipinski definition) is 2. The van der Waals surface area contributed by atoms with Crippen molar-refractivity contribution in [2.45, 2.75) is 25.2 Å². The third-order valence-corrected chi connectivity index (χ3v) is 5.01. The molecule has 12 heavy (non-hydrogen) atoms. The van der Waals surface area contributed by atoms with E-state index in [1.54, 1.807) is 0 Å². The minimum absolute atomic E-state index is 1.12. The Bertz CT molecular complexity index is 212. The maximum Gasteiger partial charge on any atom is 0.329 e. The highest BCUT2D eigenvalue weighted by atomic mass is 31.2. The second kappa shape index (κ2) is 3.58. The Hall–Kier alpha value is 0.300. The van der Waals surface area contributed by atoms with Gasteiger partial charge in [0.15, 0.2) is 0 Å². The van der Waals surface area contributed by atoms with Crippen molar-refractivity contribution in [3.8, 4) is 0 Å². The average molecular weight is 218 g/mol. The predicted octanol–water partition coefficient (Wildman–Crippen LogP) is 0.119. The van der Waals surface area contributed by atoms with Crippen LogP contribution in [0.2, 0.25) is 0 Å². The first-order valence-electron chi connectivity index (χ1n) is 3.17. The smallest absolute Gasteiger partial charge is 0.324 e. The maximum atomic E-state index is 10.6. The molecule has 8 heteroatoms. The zero-order valence-electron chi connectivity index (χ0n) is 6.65. The van der Waals surface area contributed by atoms with Crippen LogP contribution in [0.5, 0.6) is 0 Å². The summed E-state index contributed by atoms with van der Waals surface area (Å²) in [5, 5.41) is 0. The minimum Gasteiger partial charge on any atom is -0.324 e. The van der Waals surface area contributed by atoms with E-state index in [-0.39, 0.29) is 0 Å². The van der Waals surface area contributed by atoms with Crippen molar-refractivity contribution in [2.75, 3.05) is 0 Å². The molecular weight excluding hydrogens is 206 g/mol. The normalized spacial score (nSPS) is 18.8. The Morgan fingerprint density at radius 1 is 0.833 bits per heavy atom. The molecule has 0 heterocycles. The van der Waals surface area contributed by atoms with Crippen molar-refractivity contribution in [2.24, 2.45) is 0 Å². The standard InChI is InChI=1S/C4H12O6P2/c1-3(11(5,6)7)4(2)12(8,9)10/h3-4H,1-2H3,(H2,5,6,7)(H2,8,9,10). The molecule has 0 bridgehead atoms. The fraction of sp³-hybridized carbons (Fsp3) is 1.00. The first-order chi connectivity index (χ1) is 5.07. The zero-order chi connectivity index (χ0) is 10.2. The molecule has 4 N–H and O–H groups in total. The summed E-state index contributed by atoms with van der Waals surface area (Å²) in [4.78, 5) is 34.4. The van der Waals surface area contributed by atoms with Crippen molar-refractivity contribution in [1.29, 1.82) is 0 Å². The van der Waals surface area contributed by atoms with Crippen LogP contribution in [0.4, 0.5) is 0 Å². The van der Waals surface area contributed by atoms with E-state index in [0.29, 0.717) is 0 Å². The van der Waals surface area contributed by atoms with Crippen LogP contribution < -0.4 is 0 Å². The van der Waals surface area contributed by atoms with Gasteiger partial charge in [-0.15, -0.1) is 0 Å². The van der Waals surface area contributed by atoms with E-state index in [4.69, 9.17) is 19.6 Å². The number of hydrogen-bond donors (Lipinski definition) is 4. The van der Waals surface area contributed by atoms with E-state index in [1.165, 1.54) is 0 Å². The van der Waals surface area contributed by atoms with Gasteiger partial charge in [0, 0.05) is 0 Å². The molecule has 6 nitrogen and oxygen atoms in total. The van der Waals surface area contributed by atoms with Gasteiger partial charge in [0.05, 0.1) is 11.3 Å².